The summed E-state index contributed by atoms with van der Waals surface area (Å²) in [5, 5.41) is 3.00. The van der Waals surface area contributed by atoms with Crippen LogP contribution in [0.3, 0.4) is 0 Å². The van der Waals surface area contributed by atoms with Gasteiger partial charge in [-0.2, -0.15) is 0 Å². The summed E-state index contributed by atoms with van der Waals surface area (Å²) in [6.45, 7) is 10.1. The largest absolute Gasteiger partial charge is 0.484 e. The van der Waals surface area contributed by atoms with Gasteiger partial charge in [0.2, 0.25) is 5.91 Å². The molecule has 0 saturated heterocycles. The number of benzene rings is 2. The molecular weight excluding hydrogens is 376 g/mol. The van der Waals surface area contributed by atoms with Crippen LogP contribution in [0, 0.1) is 0 Å². The minimum absolute atomic E-state index is 0.113. The van der Waals surface area contributed by atoms with Crippen molar-refractivity contribution < 1.29 is 14.3 Å². The van der Waals surface area contributed by atoms with Crippen LogP contribution in [-0.4, -0.2) is 34.9 Å². The van der Waals surface area contributed by atoms with E-state index in [1.807, 2.05) is 82.3 Å². The molecule has 162 valence electrons. The maximum atomic E-state index is 13.1. The number of nitrogens with zero attached hydrogens (tertiary/aromatic N) is 1. The highest BCUT2D eigenvalue weighted by atomic mass is 16.5. The number of aryl methyl sites for hydroxylation is 1. The highest BCUT2D eigenvalue weighted by Gasteiger charge is 2.30. The van der Waals surface area contributed by atoms with Crippen LogP contribution in [0.5, 0.6) is 5.75 Å². The molecule has 2 aromatic rings. The Morgan fingerprint density at radius 2 is 1.60 bits per heavy atom. The average molecular weight is 411 g/mol. The fourth-order valence-corrected chi connectivity index (χ4v) is 3.20. The minimum Gasteiger partial charge on any atom is -0.484 e. The highest BCUT2D eigenvalue weighted by molar-refractivity contribution is 5.88. The van der Waals surface area contributed by atoms with Crippen LogP contribution in [0.15, 0.2) is 54.6 Å². The zero-order valence-electron chi connectivity index (χ0n) is 18.8. The normalized spacial score (nSPS) is 12.2. The van der Waals surface area contributed by atoms with Crippen molar-refractivity contribution in [2.45, 2.75) is 65.6 Å². The Labute approximate surface area is 180 Å². The molecule has 0 bridgehead atoms. The lowest BCUT2D eigenvalue weighted by atomic mass is 10.1. The number of carbonyl (C=O) groups excluding carboxylic acids is 2. The second-order valence-electron chi connectivity index (χ2n) is 8.46. The van der Waals surface area contributed by atoms with Crippen LogP contribution in [-0.2, 0) is 22.6 Å². The van der Waals surface area contributed by atoms with Crippen molar-refractivity contribution in [3.8, 4) is 5.75 Å². The number of carbonyl (C=O) groups is 2. The van der Waals surface area contributed by atoms with Crippen LogP contribution in [0.1, 0.15) is 52.2 Å². The van der Waals surface area contributed by atoms with Gasteiger partial charge in [0.25, 0.3) is 5.91 Å². The van der Waals surface area contributed by atoms with Crippen molar-refractivity contribution in [1.29, 1.82) is 0 Å². The molecule has 0 fully saturated rings. The molecule has 1 N–H and O–H groups in total. The van der Waals surface area contributed by atoms with Gasteiger partial charge in [-0.15, -0.1) is 0 Å². The molecule has 2 amide bonds. The van der Waals surface area contributed by atoms with Gasteiger partial charge in [-0.1, -0.05) is 56.3 Å². The topological polar surface area (TPSA) is 58.6 Å². The van der Waals surface area contributed by atoms with Gasteiger partial charge in [-0.3, -0.25) is 9.59 Å². The molecule has 0 unspecified atom stereocenters. The van der Waals surface area contributed by atoms with Gasteiger partial charge in [0.05, 0.1) is 0 Å². The Kier molecular flexibility index (Phi) is 8.46. The second-order valence-corrected chi connectivity index (χ2v) is 8.46. The van der Waals surface area contributed by atoms with Crippen molar-refractivity contribution in [3.63, 3.8) is 0 Å². The number of nitrogens with one attached hydrogen (secondary N) is 1. The molecule has 30 heavy (non-hydrogen) atoms. The van der Waals surface area contributed by atoms with Crippen LogP contribution >= 0.6 is 0 Å². The van der Waals surface area contributed by atoms with E-state index in [4.69, 9.17) is 4.74 Å². The van der Waals surface area contributed by atoms with E-state index in [-0.39, 0.29) is 24.0 Å². The molecule has 0 aromatic heterocycles. The Hall–Kier alpha value is -2.82. The maximum absolute atomic E-state index is 13.1. The summed E-state index contributed by atoms with van der Waals surface area (Å²) in [5.41, 5.74) is 1.81. The summed E-state index contributed by atoms with van der Waals surface area (Å²) in [7, 11) is 0. The second kappa shape index (κ2) is 10.8. The third-order valence-electron chi connectivity index (χ3n) is 4.77. The number of ether oxygens (including phenoxy) is 1. The summed E-state index contributed by atoms with van der Waals surface area (Å²) >= 11 is 0. The molecule has 5 heteroatoms. The summed E-state index contributed by atoms with van der Waals surface area (Å²) in [6, 6.07) is 16.9. The lowest BCUT2D eigenvalue weighted by Gasteiger charge is -2.33. The van der Waals surface area contributed by atoms with E-state index in [2.05, 4.69) is 12.2 Å². The molecule has 0 aliphatic heterocycles. The number of amides is 2. The predicted octanol–water partition coefficient (Wildman–Crippen LogP) is 4.35. The van der Waals surface area contributed by atoms with Gasteiger partial charge >= 0.3 is 0 Å². The van der Waals surface area contributed by atoms with Gasteiger partial charge in [0, 0.05) is 12.1 Å². The molecule has 2 aromatic carbocycles. The quantitative estimate of drug-likeness (QED) is 0.669. The minimum atomic E-state index is -0.567. The first-order chi connectivity index (χ1) is 14.2. The average Bonchev–Trinajstić information content (AvgIpc) is 2.71. The van der Waals surface area contributed by atoms with Crippen molar-refractivity contribution >= 4 is 11.8 Å². The van der Waals surface area contributed by atoms with E-state index in [1.165, 1.54) is 5.56 Å². The van der Waals surface area contributed by atoms with Crippen molar-refractivity contribution in [1.82, 2.24) is 10.2 Å². The molecule has 0 aliphatic carbocycles. The molecule has 0 saturated carbocycles. The zero-order chi connectivity index (χ0) is 22.1. The van der Waals surface area contributed by atoms with Crippen LogP contribution in [0.25, 0.3) is 0 Å². The van der Waals surface area contributed by atoms with Crippen molar-refractivity contribution in [3.05, 3.63) is 65.7 Å². The highest BCUT2D eigenvalue weighted by Crippen LogP contribution is 2.16. The molecule has 1 atom stereocenters. The predicted molar refractivity (Wildman–Crippen MR) is 120 cm³/mol. The molecule has 0 aliphatic rings. The first kappa shape index (κ1) is 23.5. The monoisotopic (exact) mass is 410 g/mol. The third kappa shape index (κ3) is 7.21. The Balaban J connectivity index is 2.17. The summed E-state index contributed by atoms with van der Waals surface area (Å²) < 4.78 is 5.74. The van der Waals surface area contributed by atoms with Crippen LogP contribution < -0.4 is 10.1 Å². The smallest absolute Gasteiger partial charge is 0.261 e. The molecule has 0 radical (unpaired) electrons. The number of hydrogen-bond acceptors (Lipinski definition) is 3. The molecule has 0 spiro atoms. The molecular formula is C25H34N2O3. The van der Waals surface area contributed by atoms with E-state index < -0.39 is 6.04 Å². The van der Waals surface area contributed by atoms with Crippen molar-refractivity contribution in [2.75, 3.05) is 6.61 Å². The van der Waals surface area contributed by atoms with Gasteiger partial charge in [0.1, 0.15) is 11.8 Å². The standard InChI is InChI=1S/C25H34N2O3/c1-6-19-13-15-21(16-14-19)30-18-23(28)27(17-20-11-9-8-10-12-20)22(7-2)24(29)26-25(3,4)5/h8-16,22H,6-7,17-18H2,1-5H3,(H,26,29)/t22-/m0/s1. The van der Waals surface area contributed by atoms with Crippen LogP contribution in [0.2, 0.25) is 0 Å². The molecule has 2 rings (SSSR count). The Morgan fingerprint density at radius 3 is 2.13 bits per heavy atom. The summed E-state index contributed by atoms with van der Waals surface area (Å²) in [6.07, 6.45) is 1.47. The maximum Gasteiger partial charge on any atom is 0.261 e. The zero-order valence-corrected chi connectivity index (χ0v) is 18.8. The fraction of sp³-hybridized carbons (Fsp3) is 0.440. The van der Waals surface area contributed by atoms with Gasteiger partial charge in [-0.05, 0) is 56.9 Å². The first-order valence-electron chi connectivity index (χ1n) is 10.6. The summed E-state index contributed by atoms with van der Waals surface area (Å²) in [5.74, 6) is 0.281. The number of rotatable bonds is 9. The van der Waals surface area contributed by atoms with Gasteiger partial charge in [0.15, 0.2) is 6.61 Å². The summed E-state index contributed by atoms with van der Waals surface area (Å²) in [4.78, 5) is 27.7. The van der Waals surface area contributed by atoms with E-state index in [0.29, 0.717) is 18.7 Å². The lowest BCUT2D eigenvalue weighted by Crippen LogP contribution is -2.54. The fourth-order valence-electron chi connectivity index (χ4n) is 3.20. The van der Waals surface area contributed by atoms with E-state index >= 15 is 0 Å². The third-order valence-corrected chi connectivity index (χ3v) is 4.77. The Morgan fingerprint density at radius 1 is 0.967 bits per heavy atom. The van der Waals surface area contributed by atoms with Gasteiger partial charge in [-0.25, -0.2) is 0 Å². The lowest BCUT2D eigenvalue weighted by molar-refractivity contribution is -0.143. The van der Waals surface area contributed by atoms with Crippen molar-refractivity contribution in [2.24, 2.45) is 0 Å². The molecule has 0 heterocycles. The Bertz CT molecular complexity index is 811. The van der Waals surface area contributed by atoms with Gasteiger partial charge < -0.3 is 15.0 Å². The van der Waals surface area contributed by atoms with E-state index in [1.54, 1.807) is 4.90 Å². The van der Waals surface area contributed by atoms with Crippen LogP contribution in [0.4, 0.5) is 0 Å². The SMILES string of the molecule is CCc1ccc(OCC(=O)N(Cc2ccccc2)[C@@H](CC)C(=O)NC(C)(C)C)cc1. The van der Waals surface area contributed by atoms with E-state index in [0.717, 1.165) is 12.0 Å². The molecule has 5 nitrogen and oxygen atoms in total. The number of hydrogen-bond donors (Lipinski definition) is 1. The first-order valence-corrected chi connectivity index (χ1v) is 10.6. The van der Waals surface area contributed by atoms with E-state index in [9.17, 15) is 9.59 Å².